The van der Waals surface area contributed by atoms with Gasteiger partial charge in [-0.25, -0.2) is 27.6 Å². The second kappa shape index (κ2) is 7.84. The molecule has 1 aliphatic rings. The summed E-state index contributed by atoms with van der Waals surface area (Å²) in [5.74, 6) is 0.0314. The first-order valence-electron chi connectivity index (χ1n) is 10.8. The number of fused-ring (bicyclic) bond motifs is 1. The van der Waals surface area contributed by atoms with E-state index in [9.17, 15) is 13.2 Å². The molecule has 35 heavy (non-hydrogen) atoms. The van der Waals surface area contributed by atoms with Crippen LogP contribution in [0.2, 0.25) is 0 Å². The summed E-state index contributed by atoms with van der Waals surface area (Å²) in [6.45, 7) is 1.87. The zero-order valence-corrected chi connectivity index (χ0v) is 19.3. The number of amides is 1. The van der Waals surface area contributed by atoms with Crippen molar-refractivity contribution in [2.75, 3.05) is 5.32 Å². The molecule has 13 heteroatoms. The smallest absolute Gasteiger partial charge is 0.276 e. The highest BCUT2D eigenvalue weighted by atomic mass is 32.2. The van der Waals surface area contributed by atoms with Crippen LogP contribution in [-0.2, 0) is 10.0 Å². The van der Waals surface area contributed by atoms with Crippen LogP contribution in [0.1, 0.15) is 29.0 Å². The zero-order chi connectivity index (χ0) is 24.2. The van der Waals surface area contributed by atoms with Crippen LogP contribution >= 0.6 is 0 Å². The van der Waals surface area contributed by atoms with Crippen LogP contribution in [0.3, 0.4) is 0 Å². The maximum absolute atomic E-state index is 13.1. The molecule has 5 heterocycles. The number of anilines is 1. The summed E-state index contributed by atoms with van der Waals surface area (Å²) in [6.07, 6.45) is 7.09. The highest BCUT2D eigenvalue weighted by molar-refractivity contribution is 7.90. The lowest BCUT2D eigenvalue weighted by molar-refractivity contribution is 0.102. The number of hydrogen-bond acceptors (Lipinski definition) is 8. The van der Waals surface area contributed by atoms with Gasteiger partial charge in [0.05, 0.1) is 29.0 Å². The molecular formula is C22H19N9O3S. The van der Waals surface area contributed by atoms with Crippen LogP contribution in [0.5, 0.6) is 0 Å². The quantitative estimate of drug-likeness (QED) is 0.382. The van der Waals surface area contributed by atoms with E-state index in [0.29, 0.717) is 30.0 Å². The molecule has 0 saturated heterocycles. The summed E-state index contributed by atoms with van der Waals surface area (Å²) in [5, 5.41) is 14.9. The summed E-state index contributed by atoms with van der Waals surface area (Å²) in [4.78, 5) is 21.8. The third-order valence-electron chi connectivity index (χ3n) is 5.63. The summed E-state index contributed by atoms with van der Waals surface area (Å²) < 4.78 is 28.9. The lowest BCUT2D eigenvalue weighted by Gasteiger charge is -2.07. The van der Waals surface area contributed by atoms with Crippen molar-refractivity contribution in [3.63, 3.8) is 0 Å². The van der Waals surface area contributed by atoms with Crippen molar-refractivity contribution >= 4 is 27.3 Å². The molecule has 0 radical (unpaired) electrons. The van der Waals surface area contributed by atoms with Gasteiger partial charge in [0.2, 0.25) is 0 Å². The fourth-order valence-electron chi connectivity index (χ4n) is 3.71. The van der Waals surface area contributed by atoms with Gasteiger partial charge in [0.15, 0.2) is 17.2 Å². The van der Waals surface area contributed by atoms with E-state index in [1.807, 2.05) is 31.2 Å². The van der Waals surface area contributed by atoms with Crippen molar-refractivity contribution in [1.82, 2.24) is 38.5 Å². The molecule has 0 aliphatic heterocycles. The number of carbonyl (C=O) groups is 1. The van der Waals surface area contributed by atoms with Gasteiger partial charge in [0, 0.05) is 17.5 Å². The number of aromatic nitrogens is 8. The molecule has 0 unspecified atom stereocenters. The van der Waals surface area contributed by atoms with E-state index in [1.165, 1.54) is 18.7 Å². The Balaban J connectivity index is 1.37. The van der Waals surface area contributed by atoms with Gasteiger partial charge < -0.3 is 5.32 Å². The van der Waals surface area contributed by atoms with Crippen molar-refractivity contribution in [2.45, 2.75) is 25.0 Å². The number of nitrogens with one attached hydrogen (secondary N) is 1. The predicted molar refractivity (Wildman–Crippen MR) is 126 cm³/mol. The van der Waals surface area contributed by atoms with Gasteiger partial charge in [-0.1, -0.05) is 6.07 Å². The van der Waals surface area contributed by atoms with Crippen LogP contribution in [0, 0.1) is 6.92 Å². The number of hydrogen-bond donors (Lipinski definition) is 1. The first-order valence-corrected chi connectivity index (χ1v) is 12.3. The van der Waals surface area contributed by atoms with Crippen molar-refractivity contribution in [3.8, 4) is 17.1 Å². The molecule has 0 aromatic carbocycles. The Morgan fingerprint density at radius 1 is 1.11 bits per heavy atom. The Labute approximate surface area is 199 Å². The van der Waals surface area contributed by atoms with Gasteiger partial charge in [-0.2, -0.15) is 19.4 Å². The highest BCUT2D eigenvalue weighted by Crippen LogP contribution is 2.30. The molecule has 0 atom stereocenters. The van der Waals surface area contributed by atoms with E-state index in [-0.39, 0.29) is 11.4 Å². The Morgan fingerprint density at radius 2 is 1.97 bits per heavy atom. The fourth-order valence-corrected chi connectivity index (χ4v) is 5.19. The molecule has 1 N–H and O–H groups in total. The molecule has 5 aromatic heterocycles. The Kier molecular flexibility index (Phi) is 4.74. The van der Waals surface area contributed by atoms with Crippen molar-refractivity contribution in [3.05, 3.63) is 72.7 Å². The molecule has 0 bridgehead atoms. The van der Waals surface area contributed by atoms with E-state index in [0.717, 1.165) is 15.3 Å². The van der Waals surface area contributed by atoms with E-state index in [4.69, 9.17) is 0 Å². The van der Waals surface area contributed by atoms with Crippen LogP contribution < -0.4 is 5.32 Å². The average molecular weight is 490 g/mol. The van der Waals surface area contributed by atoms with Gasteiger partial charge in [0.1, 0.15) is 6.33 Å². The zero-order valence-electron chi connectivity index (χ0n) is 18.5. The molecule has 5 aromatic rings. The molecule has 12 nitrogen and oxygen atoms in total. The van der Waals surface area contributed by atoms with Crippen LogP contribution in [0.15, 0.2) is 61.3 Å². The number of nitrogens with zero attached hydrogens (tertiary/aromatic N) is 8. The minimum absolute atomic E-state index is 0.125. The van der Waals surface area contributed by atoms with Crippen molar-refractivity contribution in [1.29, 1.82) is 0 Å². The van der Waals surface area contributed by atoms with Gasteiger partial charge in [-0.15, -0.1) is 0 Å². The molecule has 1 fully saturated rings. The molecule has 176 valence electrons. The van der Waals surface area contributed by atoms with E-state index < -0.39 is 21.2 Å². The minimum atomic E-state index is -3.52. The Morgan fingerprint density at radius 3 is 2.77 bits per heavy atom. The minimum Gasteiger partial charge on any atom is -0.318 e. The van der Waals surface area contributed by atoms with Crippen molar-refractivity contribution in [2.24, 2.45) is 0 Å². The van der Waals surface area contributed by atoms with Crippen LogP contribution in [-0.4, -0.2) is 58.1 Å². The van der Waals surface area contributed by atoms with Gasteiger partial charge in [0.25, 0.3) is 15.9 Å². The van der Waals surface area contributed by atoms with Crippen molar-refractivity contribution < 1.29 is 13.2 Å². The largest absolute Gasteiger partial charge is 0.318 e. The number of rotatable bonds is 6. The molecule has 1 aliphatic carbocycles. The summed E-state index contributed by atoms with van der Waals surface area (Å²) in [6, 6.07) is 10.8. The summed E-state index contributed by atoms with van der Waals surface area (Å²) in [5.41, 5.74) is 3.24. The molecule has 6 rings (SSSR count). The third kappa shape index (κ3) is 3.85. The highest BCUT2D eigenvalue weighted by Gasteiger charge is 2.37. The summed E-state index contributed by atoms with van der Waals surface area (Å²) in [7, 11) is -3.52. The second-order valence-corrected chi connectivity index (χ2v) is 10.3. The SMILES string of the molecule is Cc1cccc(-n2nc(C(=O)Nc3cnn(S(=O)(=O)C4CC4)c3)cc2-c2ccc3ncnn3c2)n1. The van der Waals surface area contributed by atoms with E-state index in [1.54, 1.807) is 27.5 Å². The molecule has 1 saturated carbocycles. The summed E-state index contributed by atoms with van der Waals surface area (Å²) >= 11 is 0. The normalized spacial score (nSPS) is 13.9. The monoisotopic (exact) mass is 489 g/mol. The average Bonchev–Trinajstić information content (AvgIpc) is 3.23. The number of carbonyl (C=O) groups excluding carboxylic acids is 1. The van der Waals surface area contributed by atoms with Gasteiger partial charge >= 0.3 is 0 Å². The topological polar surface area (TPSA) is 142 Å². The van der Waals surface area contributed by atoms with Gasteiger partial charge in [-0.05, 0) is 50.1 Å². The number of aryl methyl sites for hydroxylation is 1. The maximum atomic E-state index is 13.1. The van der Waals surface area contributed by atoms with Crippen LogP contribution in [0.4, 0.5) is 5.69 Å². The third-order valence-corrected chi connectivity index (χ3v) is 7.66. The molecule has 0 spiro atoms. The first-order chi connectivity index (χ1) is 16.9. The maximum Gasteiger partial charge on any atom is 0.276 e. The van der Waals surface area contributed by atoms with Gasteiger partial charge in [-0.3, -0.25) is 4.79 Å². The Bertz CT molecular complexity index is 1700. The fraction of sp³-hybridized carbons (Fsp3) is 0.182. The lowest BCUT2D eigenvalue weighted by Crippen LogP contribution is -2.18. The first kappa shape index (κ1) is 21.2. The van der Waals surface area contributed by atoms with E-state index >= 15 is 0 Å². The standard InChI is InChI=1S/C22H19N9O3S/c1-14-3-2-4-21(26-14)31-19(15-5-8-20-23-13-25-29(20)11-15)9-18(28-31)22(32)27-16-10-24-30(12-16)35(33,34)17-6-7-17/h2-5,8-13,17H,6-7H2,1H3,(H,27,32). The van der Waals surface area contributed by atoms with Crippen LogP contribution in [0.25, 0.3) is 22.7 Å². The Hall–Kier alpha value is -4.39. The molecule has 1 amide bonds. The second-order valence-electron chi connectivity index (χ2n) is 8.24. The lowest BCUT2D eigenvalue weighted by atomic mass is 10.2. The molecular weight excluding hydrogens is 470 g/mol. The van der Waals surface area contributed by atoms with E-state index in [2.05, 4.69) is 30.6 Å². The number of pyridine rings is 2. The predicted octanol–water partition coefficient (Wildman–Crippen LogP) is 2.07.